The number of amides is 4. The van der Waals surface area contributed by atoms with Gasteiger partial charge in [0.1, 0.15) is 17.8 Å². The number of esters is 1. The van der Waals surface area contributed by atoms with Gasteiger partial charge in [-0.05, 0) is 116 Å². The van der Waals surface area contributed by atoms with Gasteiger partial charge in [0.25, 0.3) is 0 Å². The summed E-state index contributed by atoms with van der Waals surface area (Å²) in [6.07, 6.45) is 7.06. The van der Waals surface area contributed by atoms with E-state index in [0.717, 1.165) is 44.4 Å². The number of fused-ring (bicyclic) bond motifs is 6. The molecule has 2 fully saturated rings. The molecule has 0 unspecified atom stereocenters. The normalized spacial score (nSPS) is 20.8. The summed E-state index contributed by atoms with van der Waals surface area (Å²) in [6, 6.07) is 11.2. The van der Waals surface area contributed by atoms with E-state index < -0.39 is 47.3 Å². The van der Waals surface area contributed by atoms with E-state index in [1.807, 2.05) is 38.2 Å². The van der Waals surface area contributed by atoms with Crippen LogP contribution < -0.4 is 10.7 Å². The predicted octanol–water partition coefficient (Wildman–Crippen LogP) is 6.04. The first kappa shape index (κ1) is 48.9. The fourth-order valence-corrected chi connectivity index (χ4v) is 10.3. The number of likely N-dealkylation sites (tertiary alicyclic amines) is 1. The quantitative estimate of drug-likeness (QED) is 0.119. The lowest BCUT2D eigenvalue weighted by molar-refractivity contribution is -0.156. The molecule has 358 valence electrons. The molecule has 2 aromatic carbocycles. The van der Waals surface area contributed by atoms with Gasteiger partial charge in [-0.2, -0.15) is 0 Å². The number of hydrazine groups is 1. The Labute approximate surface area is 393 Å². The Morgan fingerprint density at radius 1 is 1.09 bits per heavy atom. The van der Waals surface area contributed by atoms with Crippen molar-refractivity contribution < 1.29 is 38.6 Å². The third kappa shape index (κ3) is 10.4. The highest BCUT2D eigenvalue weighted by atomic mass is 16.5. The number of likely N-dealkylation sites (N-methyl/N-ethyl adjacent to an activating group) is 1. The van der Waals surface area contributed by atoms with Crippen LogP contribution in [-0.4, -0.2) is 118 Å². The van der Waals surface area contributed by atoms with Gasteiger partial charge < -0.3 is 34.3 Å². The highest BCUT2D eigenvalue weighted by Crippen LogP contribution is 2.41. The molecule has 5 atom stereocenters. The average molecular weight is 918 g/mol. The van der Waals surface area contributed by atoms with Gasteiger partial charge in [-0.3, -0.25) is 34.0 Å². The minimum absolute atomic E-state index is 0.0248. The zero-order valence-corrected chi connectivity index (χ0v) is 40.3. The second-order valence-electron chi connectivity index (χ2n) is 19.6. The number of aromatic nitrogens is 2. The van der Waals surface area contributed by atoms with Crippen LogP contribution in [0.2, 0.25) is 0 Å². The van der Waals surface area contributed by atoms with Gasteiger partial charge in [-0.1, -0.05) is 46.4 Å². The van der Waals surface area contributed by atoms with Crippen LogP contribution in [0.4, 0.5) is 0 Å². The lowest BCUT2D eigenvalue weighted by Gasteiger charge is -2.38. The number of carbonyl (C=O) groups excluding carboxylic acids is 5. The van der Waals surface area contributed by atoms with Crippen LogP contribution in [0.3, 0.4) is 0 Å². The van der Waals surface area contributed by atoms with E-state index in [-0.39, 0.29) is 49.0 Å². The summed E-state index contributed by atoms with van der Waals surface area (Å²) in [5.41, 5.74) is 9.99. The monoisotopic (exact) mass is 918 g/mol. The van der Waals surface area contributed by atoms with Gasteiger partial charge >= 0.3 is 5.97 Å². The van der Waals surface area contributed by atoms with E-state index in [2.05, 4.69) is 59.8 Å². The van der Waals surface area contributed by atoms with Crippen LogP contribution in [0, 0.1) is 23.2 Å². The lowest BCUT2D eigenvalue weighted by Crippen LogP contribution is -2.60. The van der Waals surface area contributed by atoms with Crippen molar-refractivity contribution in [1.29, 1.82) is 0 Å². The topological polar surface area (TPSA) is 176 Å². The molecule has 0 radical (unpaired) electrons. The van der Waals surface area contributed by atoms with E-state index in [1.54, 1.807) is 44.3 Å². The molecular weight excluding hydrogens is 851 g/mol. The summed E-state index contributed by atoms with van der Waals surface area (Å²) in [6.45, 7) is 17.5. The number of hydrogen-bond donors (Lipinski definition) is 3. The summed E-state index contributed by atoms with van der Waals surface area (Å²) < 4.78 is 14.1. The molecule has 0 saturated carbocycles. The van der Waals surface area contributed by atoms with Crippen molar-refractivity contribution in [3.63, 3.8) is 0 Å². The molecule has 3 aliphatic heterocycles. The van der Waals surface area contributed by atoms with Gasteiger partial charge in [-0.25, -0.2) is 5.43 Å². The van der Waals surface area contributed by atoms with Crippen LogP contribution in [-0.2, 0) is 59.4 Å². The fraction of sp³-hybridized carbons (Fsp3) is 0.500. The summed E-state index contributed by atoms with van der Waals surface area (Å²) >= 11 is 0. The number of benzene rings is 2. The number of methoxy groups -OCH3 is 1. The number of nitrogens with zero attached hydrogens (tertiary/aromatic N) is 5. The first-order valence-electron chi connectivity index (χ1n) is 23.6. The second-order valence-corrected chi connectivity index (χ2v) is 19.6. The predicted molar refractivity (Wildman–Crippen MR) is 256 cm³/mol. The van der Waals surface area contributed by atoms with Crippen LogP contribution in [0.5, 0.6) is 5.75 Å². The summed E-state index contributed by atoms with van der Waals surface area (Å²) in [4.78, 5) is 76.9. The summed E-state index contributed by atoms with van der Waals surface area (Å²) in [5.74, 6) is -3.27. The maximum Gasteiger partial charge on any atom is 0.324 e. The fourth-order valence-electron chi connectivity index (χ4n) is 10.3. The molecule has 15 nitrogen and oxygen atoms in total. The number of aryl methyl sites for hydroxylation is 1. The van der Waals surface area contributed by atoms with Crippen LogP contribution in [0.25, 0.3) is 33.3 Å². The van der Waals surface area contributed by atoms with Gasteiger partial charge in [0.15, 0.2) is 0 Å². The smallest absolute Gasteiger partial charge is 0.324 e. The zero-order valence-electron chi connectivity index (χ0n) is 40.3. The van der Waals surface area contributed by atoms with E-state index in [4.69, 9.17) is 9.47 Å². The van der Waals surface area contributed by atoms with E-state index >= 15 is 0 Å². The van der Waals surface area contributed by atoms with Crippen LogP contribution in [0.1, 0.15) is 77.5 Å². The summed E-state index contributed by atoms with van der Waals surface area (Å²) in [7, 11) is 3.29. The molecule has 7 rings (SSSR count). The van der Waals surface area contributed by atoms with Crippen molar-refractivity contribution >= 4 is 40.5 Å². The van der Waals surface area contributed by atoms with Gasteiger partial charge in [-0.15, -0.1) is 0 Å². The van der Waals surface area contributed by atoms with Crippen molar-refractivity contribution in [2.24, 2.45) is 23.2 Å². The Kier molecular flexibility index (Phi) is 14.9. The Balaban J connectivity index is 1.28. The highest BCUT2D eigenvalue weighted by molar-refractivity contribution is 5.96. The molecular formula is C52H67N7O8. The molecule has 5 heterocycles. The van der Waals surface area contributed by atoms with Crippen molar-refractivity contribution in [2.45, 2.75) is 105 Å². The third-order valence-corrected chi connectivity index (χ3v) is 13.7. The standard InChI is InChI=1S/C52H67N7O8/c1-10-45(61)57-20-17-35(28-57)49(63)56(8)46(31(3)4)48(62)54-32(5)39-23-33-21-37(24-38(60)22-33)34-14-15-44-40(25-34)41(47(58(44)11-2)42-27-53-18-16-36(42)29-66-9)26-52(6,7)30-67-51(65)43-13-12-19-59(55-43)50(39)64/h10,14-16,18,21-22,24-25,27,31-32,35,39,43,46,55,60H,1,11-13,17,19-20,23,26,28-30H2,2-9H3,(H,54,62)/t32-,35+,39-,43+,46+/m1/s1. The van der Waals surface area contributed by atoms with Crippen LogP contribution in [0.15, 0.2) is 67.5 Å². The Bertz CT molecular complexity index is 2530. The molecule has 3 aliphatic rings. The second kappa shape index (κ2) is 20.4. The number of ether oxygens (including phenoxy) is 2. The van der Waals surface area contributed by atoms with Crippen molar-refractivity contribution in [2.75, 3.05) is 40.4 Å². The minimum Gasteiger partial charge on any atom is -0.508 e. The maximum absolute atomic E-state index is 14.9. The number of cyclic esters (lactones) is 1. The molecule has 4 amide bonds. The minimum atomic E-state index is -0.870. The molecule has 2 aromatic heterocycles. The number of nitrogens with one attached hydrogen (secondary N) is 2. The van der Waals surface area contributed by atoms with Crippen molar-refractivity contribution in [3.8, 4) is 28.1 Å². The highest BCUT2D eigenvalue weighted by Gasteiger charge is 2.40. The Hall–Kier alpha value is -6.06. The van der Waals surface area contributed by atoms with Crippen molar-refractivity contribution in [3.05, 3.63) is 84.2 Å². The molecule has 2 saturated heterocycles. The average Bonchev–Trinajstić information content (AvgIpc) is 3.92. The molecule has 0 aliphatic carbocycles. The number of phenols is 1. The number of carbonyl (C=O) groups is 5. The molecule has 6 bridgehead atoms. The molecule has 3 N–H and O–H groups in total. The molecule has 0 spiro atoms. The maximum atomic E-state index is 14.9. The van der Waals surface area contributed by atoms with E-state index in [1.165, 1.54) is 16.0 Å². The number of aromatic hydroxyl groups is 1. The third-order valence-electron chi connectivity index (χ3n) is 13.7. The zero-order chi connectivity index (χ0) is 48.3. The van der Waals surface area contributed by atoms with Gasteiger partial charge in [0, 0.05) is 80.7 Å². The molecule has 4 aromatic rings. The number of hydrogen-bond acceptors (Lipinski definition) is 10. The van der Waals surface area contributed by atoms with Crippen molar-refractivity contribution in [1.82, 2.24) is 35.1 Å². The molecule has 67 heavy (non-hydrogen) atoms. The SMILES string of the molecule is C=CC(=O)N1CC[C@H](C(=O)N(C)[C@H](C(=O)N[C@H](C)[C@H]2Cc3cc(O)cc(c3)-c3ccc4c(c3)c(c(-c3cnccc3COC)n4CC)CC(C)(C)COC(=O)[C@@H]3CCCN(N3)C2=O)C(C)C)C1. The Morgan fingerprint density at radius 2 is 1.87 bits per heavy atom. The number of phenolic OH excluding ortho intramolecular Hbond substituents is 1. The first-order chi connectivity index (χ1) is 31.9. The van der Waals surface area contributed by atoms with E-state index in [0.29, 0.717) is 57.5 Å². The lowest BCUT2D eigenvalue weighted by atomic mass is 9.84. The van der Waals surface area contributed by atoms with Gasteiger partial charge in [0.05, 0.1) is 30.7 Å². The molecule has 15 heteroatoms. The van der Waals surface area contributed by atoms with E-state index in [9.17, 15) is 29.1 Å². The number of pyridine rings is 1. The van der Waals surface area contributed by atoms with Gasteiger partial charge in [0.2, 0.25) is 23.6 Å². The first-order valence-corrected chi connectivity index (χ1v) is 23.6. The Morgan fingerprint density at radius 3 is 2.58 bits per heavy atom. The number of rotatable bonds is 11. The largest absolute Gasteiger partial charge is 0.508 e. The van der Waals surface area contributed by atoms with Crippen LogP contribution >= 0.6 is 0 Å². The summed E-state index contributed by atoms with van der Waals surface area (Å²) in [5, 5.41) is 17.0.